The van der Waals surface area contributed by atoms with E-state index in [9.17, 15) is 4.79 Å². The summed E-state index contributed by atoms with van der Waals surface area (Å²) in [5.41, 5.74) is 2.07. The molecule has 1 aromatic carbocycles. The van der Waals surface area contributed by atoms with E-state index in [1.165, 1.54) is 0 Å². The number of hydrogen-bond acceptors (Lipinski definition) is 2. The molecule has 0 aromatic heterocycles. The predicted octanol–water partition coefficient (Wildman–Crippen LogP) is 2.80. The fraction of sp³-hybridized carbons (Fsp3) is 0.500. The Morgan fingerprint density at radius 1 is 1.50 bits per heavy atom. The number of fused-ring (bicyclic) bond motifs is 1. The Balaban J connectivity index is 1.75. The van der Waals surface area contributed by atoms with Crippen LogP contribution in [0.5, 0.6) is 0 Å². The molecule has 18 heavy (non-hydrogen) atoms. The summed E-state index contributed by atoms with van der Waals surface area (Å²) in [5, 5.41) is 0.764. The summed E-state index contributed by atoms with van der Waals surface area (Å²) >= 11 is 6.15. The number of carbonyl (C=O) groups is 1. The van der Waals surface area contributed by atoms with Gasteiger partial charge in [0.2, 0.25) is 5.91 Å². The maximum atomic E-state index is 12.3. The van der Waals surface area contributed by atoms with Crippen molar-refractivity contribution in [2.24, 2.45) is 0 Å². The normalized spacial score (nSPS) is 22.3. The third-order valence-corrected chi connectivity index (χ3v) is 4.05. The lowest BCUT2D eigenvalue weighted by Crippen LogP contribution is -2.31. The Morgan fingerprint density at radius 2 is 2.39 bits per heavy atom. The van der Waals surface area contributed by atoms with Gasteiger partial charge in [-0.1, -0.05) is 17.7 Å². The fourth-order valence-corrected chi connectivity index (χ4v) is 3.03. The lowest BCUT2D eigenvalue weighted by molar-refractivity contribution is -0.120. The van der Waals surface area contributed by atoms with Crippen LogP contribution in [-0.2, 0) is 16.0 Å². The lowest BCUT2D eigenvalue weighted by Gasteiger charge is -2.19. The van der Waals surface area contributed by atoms with E-state index in [1.54, 1.807) is 0 Å². The number of hydrogen-bond donors (Lipinski definition) is 0. The highest BCUT2D eigenvalue weighted by atomic mass is 35.5. The van der Waals surface area contributed by atoms with Gasteiger partial charge in [0.1, 0.15) is 0 Å². The summed E-state index contributed by atoms with van der Waals surface area (Å²) in [6.45, 7) is 1.53. The monoisotopic (exact) mass is 265 g/mol. The number of ether oxygens (including phenoxy) is 1. The highest BCUT2D eigenvalue weighted by molar-refractivity contribution is 6.32. The Kier molecular flexibility index (Phi) is 3.27. The Hall–Kier alpha value is -1.06. The van der Waals surface area contributed by atoms with Gasteiger partial charge in [-0.15, -0.1) is 0 Å². The molecule has 0 radical (unpaired) electrons. The SMILES string of the molecule is O=C(CC1CCCO1)N1CCc2c(Cl)cccc21. The molecule has 2 aliphatic heterocycles. The minimum Gasteiger partial charge on any atom is -0.378 e. The number of benzene rings is 1. The summed E-state index contributed by atoms with van der Waals surface area (Å²) in [5.74, 6) is 0.155. The topological polar surface area (TPSA) is 29.5 Å². The first-order chi connectivity index (χ1) is 8.75. The molecule has 96 valence electrons. The molecule has 3 rings (SSSR count). The predicted molar refractivity (Wildman–Crippen MR) is 71.1 cm³/mol. The summed E-state index contributed by atoms with van der Waals surface area (Å²) in [6, 6.07) is 5.76. The first-order valence-electron chi connectivity index (χ1n) is 6.45. The van der Waals surface area contributed by atoms with Crippen LogP contribution >= 0.6 is 11.6 Å². The van der Waals surface area contributed by atoms with E-state index in [-0.39, 0.29) is 12.0 Å². The van der Waals surface area contributed by atoms with Gasteiger partial charge in [0.25, 0.3) is 0 Å². The van der Waals surface area contributed by atoms with Crippen LogP contribution in [0.3, 0.4) is 0 Å². The van der Waals surface area contributed by atoms with Gasteiger partial charge >= 0.3 is 0 Å². The number of anilines is 1. The van der Waals surface area contributed by atoms with Crippen molar-refractivity contribution in [3.63, 3.8) is 0 Å². The molecule has 0 bridgehead atoms. The maximum absolute atomic E-state index is 12.3. The van der Waals surface area contributed by atoms with Crippen molar-refractivity contribution in [2.75, 3.05) is 18.1 Å². The summed E-state index contributed by atoms with van der Waals surface area (Å²) < 4.78 is 5.52. The molecule has 1 unspecified atom stereocenters. The van der Waals surface area contributed by atoms with Gasteiger partial charge in [-0.25, -0.2) is 0 Å². The van der Waals surface area contributed by atoms with Gasteiger partial charge in [-0.2, -0.15) is 0 Å². The van der Waals surface area contributed by atoms with Crippen molar-refractivity contribution in [3.8, 4) is 0 Å². The molecule has 0 N–H and O–H groups in total. The standard InChI is InChI=1S/C14H16ClNO2/c15-12-4-1-5-13-11(12)6-7-16(13)14(17)9-10-3-2-8-18-10/h1,4-5,10H,2-3,6-9H2. The molecule has 4 heteroatoms. The van der Waals surface area contributed by atoms with Gasteiger partial charge in [-0.05, 0) is 37.0 Å². The number of amides is 1. The Labute approximate surface area is 112 Å². The zero-order chi connectivity index (χ0) is 12.5. The van der Waals surface area contributed by atoms with Crippen LogP contribution in [0.25, 0.3) is 0 Å². The zero-order valence-electron chi connectivity index (χ0n) is 10.2. The molecular weight excluding hydrogens is 250 g/mol. The summed E-state index contributed by atoms with van der Waals surface area (Å²) in [7, 11) is 0. The van der Waals surface area contributed by atoms with E-state index in [0.717, 1.165) is 48.7 Å². The van der Waals surface area contributed by atoms with E-state index in [2.05, 4.69) is 0 Å². The van der Waals surface area contributed by atoms with Crippen LogP contribution in [0.2, 0.25) is 5.02 Å². The molecule has 1 aromatic rings. The summed E-state index contributed by atoms with van der Waals surface area (Å²) in [6.07, 6.45) is 3.53. The second-order valence-electron chi connectivity index (χ2n) is 4.87. The highest BCUT2D eigenvalue weighted by Gasteiger charge is 2.28. The van der Waals surface area contributed by atoms with Gasteiger partial charge in [0.05, 0.1) is 12.5 Å². The van der Waals surface area contributed by atoms with E-state index in [1.807, 2.05) is 23.1 Å². The van der Waals surface area contributed by atoms with E-state index >= 15 is 0 Å². The van der Waals surface area contributed by atoms with Crippen molar-refractivity contribution in [1.82, 2.24) is 0 Å². The minimum absolute atomic E-state index is 0.112. The molecular formula is C14H16ClNO2. The third kappa shape index (κ3) is 2.13. The largest absolute Gasteiger partial charge is 0.378 e. The molecule has 1 atom stereocenters. The van der Waals surface area contributed by atoms with Crippen LogP contribution in [0.4, 0.5) is 5.69 Å². The molecule has 1 saturated heterocycles. The van der Waals surface area contributed by atoms with Crippen LogP contribution < -0.4 is 4.90 Å². The van der Waals surface area contributed by atoms with Gasteiger partial charge in [0.15, 0.2) is 0 Å². The average Bonchev–Trinajstić information content (AvgIpc) is 2.98. The number of carbonyl (C=O) groups excluding carboxylic acids is 1. The molecule has 2 heterocycles. The Morgan fingerprint density at radius 3 is 3.17 bits per heavy atom. The molecule has 1 fully saturated rings. The fourth-order valence-electron chi connectivity index (χ4n) is 2.76. The molecule has 0 saturated carbocycles. The van der Waals surface area contributed by atoms with E-state index < -0.39 is 0 Å². The lowest BCUT2D eigenvalue weighted by atomic mass is 10.1. The summed E-state index contributed by atoms with van der Waals surface area (Å²) in [4.78, 5) is 14.1. The molecule has 2 aliphatic rings. The van der Waals surface area contributed by atoms with Crippen molar-refractivity contribution < 1.29 is 9.53 Å². The number of rotatable bonds is 2. The first-order valence-corrected chi connectivity index (χ1v) is 6.83. The minimum atomic E-state index is 0.112. The Bertz CT molecular complexity index is 469. The van der Waals surface area contributed by atoms with Crippen molar-refractivity contribution in [1.29, 1.82) is 0 Å². The molecule has 3 nitrogen and oxygen atoms in total. The van der Waals surface area contributed by atoms with E-state index in [4.69, 9.17) is 16.3 Å². The van der Waals surface area contributed by atoms with Gasteiger partial charge in [0, 0.05) is 23.9 Å². The van der Waals surface area contributed by atoms with Crippen LogP contribution in [0.1, 0.15) is 24.8 Å². The third-order valence-electron chi connectivity index (χ3n) is 3.70. The van der Waals surface area contributed by atoms with Crippen molar-refractivity contribution in [2.45, 2.75) is 31.8 Å². The number of nitrogens with zero attached hydrogens (tertiary/aromatic N) is 1. The van der Waals surface area contributed by atoms with Crippen molar-refractivity contribution >= 4 is 23.2 Å². The van der Waals surface area contributed by atoms with Crippen molar-refractivity contribution in [3.05, 3.63) is 28.8 Å². The van der Waals surface area contributed by atoms with Gasteiger partial charge < -0.3 is 9.64 Å². The molecule has 1 amide bonds. The first kappa shape index (κ1) is 12.0. The molecule has 0 spiro atoms. The maximum Gasteiger partial charge on any atom is 0.229 e. The zero-order valence-corrected chi connectivity index (χ0v) is 10.9. The van der Waals surface area contributed by atoms with Gasteiger partial charge in [-0.3, -0.25) is 4.79 Å². The highest BCUT2D eigenvalue weighted by Crippen LogP contribution is 2.34. The average molecular weight is 266 g/mol. The molecule has 0 aliphatic carbocycles. The van der Waals surface area contributed by atoms with Crippen LogP contribution in [-0.4, -0.2) is 25.2 Å². The van der Waals surface area contributed by atoms with Crippen LogP contribution in [0, 0.1) is 0 Å². The smallest absolute Gasteiger partial charge is 0.229 e. The number of halogens is 1. The van der Waals surface area contributed by atoms with E-state index in [0.29, 0.717) is 6.42 Å². The second-order valence-corrected chi connectivity index (χ2v) is 5.28. The quantitative estimate of drug-likeness (QED) is 0.823. The van der Waals surface area contributed by atoms with Crippen LogP contribution in [0.15, 0.2) is 18.2 Å². The second kappa shape index (κ2) is 4.90.